The molecule has 0 saturated carbocycles. The molecule has 0 fully saturated rings. The maximum absolute atomic E-state index is 12.4. The Kier molecular flexibility index (Phi) is 5.74. The third-order valence-electron chi connectivity index (χ3n) is 4.30. The van der Waals surface area contributed by atoms with Gasteiger partial charge >= 0.3 is 0 Å². The zero-order chi connectivity index (χ0) is 18.4. The van der Waals surface area contributed by atoms with Gasteiger partial charge in [-0.15, -0.1) is 0 Å². The summed E-state index contributed by atoms with van der Waals surface area (Å²) in [5, 5.41) is 3.28. The number of furan rings is 1. The summed E-state index contributed by atoms with van der Waals surface area (Å²) in [7, 11) is 1.79. The lowest BCUT2D eigenvalue weighted by molar-refractivity contribution is -0.128. The quantitative estimate of drug-likeness (QED) is 0.694. The van der Waals surface area contributed by atoms with Gasteiger partial charge in [0.15, 0.2) is 0 Å². The molecule has 134 valence electrons. The molecular weight excluding hydrogens is 324 g/mol. The van der Waals surface area contributed by atoms with Crippen molar-refractivity contribution in [2.45, 2.75) is 19.9 Å². The number of nitrogens with zero attached hydrogens (tertiary/aromatic N) is 1. The number of nitrogens with one attached hydrogen (secondary N) is 1. The van der Waals surface area contributed by atoms with Crippen LogP contribution in [-0.2, 0) is 17.8 Å². The molecule has 4 nitrogen and oxygen atoms in total. The molecule has 2 aromatic carbocycles. The molecule has 1 N–H and O–H groups in total. The van der Waals surface area contributed by atoms with Crippen molar-refractivity contribution >= 4 is 11.6 Å². The molecule has 3 aromatic rings. The van der Waals surface area contributed by atoms with Crippen LogP contribution in [0.15, 0.2) is 71.1 Å². The number of carbonyl (C=O) groups excluding carboxylic acids is 1. The van der Waals surface area contributed by atoms with Crippen molar-refractivity contribution in [2.24, 2.45) is 0 Å². The molecule has 3 rings (SSSR count). The lowest BCUT2D eigenvalue weighted by Crippen LogP contribution is -2.31. The van der Waals surface area contributed by atoms with Gasteiger partial charge in [-0.1, -0.05) is 48.5 Å². The van der Waals surface area contributed by atoms with E-state index in [1.165, 1.54) is 11.1 Å². The van der Waals surface area contributed by atoms with Crippen molar-refractivity contribution in [1.82, 2.24) is 4.90 Å². The number of para-hydroxylation sites is 1. The number of hydrogen-bond acceptors (Lipinski definition) is 3. The highest BCUT2D eigenvalue weighted by atomic mass is 16.3. The summed E-state index contributed by atoms with van der Waals surface area (Å²) in [5.74, 6) is 1.67. The Bertz CT molecular complexity index is 855. The fourth-order valence-corrected chi connectivity index (χ4v) is 2.86. The molecule has 4 heteroatoms. The van der Waals surface area contributed by atoms with Crippen molar-refractivity contribution in [3.8, 4) is 0 Å². The highest BCUT2D eigenvalue weighted by Crippen LogP contribution is 2.19. The molecule has 1 heterocycles. The topological polar surface area (TPSA) is 45.5 Å². The zero-order valence-corrected chi connectivity index (χ0v) is 15.2. The number of hydrogen-bond donors (Lipinski definition) is 1. The first-order valence-corrected chi connectivity index (χ1v) is 8.77. The first kappa shape index (κ1) is 17.8. The fraction of sp³-hybridized carbons (Fsp3) is 0.227. The number of benzene rings is 2. The zero-order valence-electron chi connectivity index (χ0n) is 15.2. The lowest BCUT2D eigenvalue weighted by atomic mass is 10.0. The van der Waals surface area contributed by atoms with Crippen LogP contribution in [0.4, 0.5) is 5.69 Å². The van der Waals surface area contributed by atoms with Crippen molar-refractivity contribution < 1.29 is 9.21 Å². The fourth-order valence-electron chi connectivity index (χ4n) is 2.86. The van der Waals surface area contributed by atoms with E-state index in [4.69, 9.17) is 4.42 Å². The summed E-state index contributed by atoms with van der Waals surface area (Å²) in [5.41, 5.74) is 3.42. The van der Waals surface area contributed by atoms with Crippen LogP contribution in [0.2, 0.25) is 0 Å². The normalized spacial score (nSPS) is 10.5. The van der Waals surface area contributed by atoms with E-state index in [2.05, 4.69) is 23.5 Å². The van der Waals surface area contributed by atoms with Crippen LogP contribution >= 0.6 is 0 Å². The number of aryl methyl sites for hydroxylation is 1. The summed E-state index contributed by atoms with van der Waals surface area (Å²) in [6, 6.07) is 22.3. The molecule has 0 radical (unpaired) electrons. The minimum atomic E-state index is 0.0218. The van der Waals surface area contributed by atoms with Gasteiger partial charge < -0.3 is 14.6 Å². The van der Waals surface area contributed by atoms with Gasteiger partial charge in [0.25, 0.3) is 0 Å². The molecule has 1 amide bonds. The molecule has 26 heavy (non-hydrogen) atoms. The SMILES string of the molecule is Cc1ccc(CN(C)C(=O)CNc2ccccc2Cc2ccccc2)o1. The Morgan fingerprint density at radius 1 is 1.00 bits per heavy atom. The molecule has 0 aliphatic carbocycles. The minimum absolute atomic E-state index is 0.0218. The number of likely N-dealkylation sites (N-methyl/N-ethyl adjacent to an activating group) is 1. The van der Waals surface area contributed by atoms with Crippen LogP contribution in [0.25, 0.3) is 0 Å². The van der Waals surface area contributed by atoms with E-state index in [1.807, 2.05) is 55.5 Å². The second-order valence-corrected chi connectivity index (χ2v) is 6.44. The van der Waals surface area contributed by atoms with E-state index >= 15 is 0 Å². The molecule has 0 aliphatic rings. The van der Waals surface area contributed by atoms with E-state index in [0.29, 0.717) is 6.54 Å². The minimum Gasteiger partial charge on any atom is -0.464 e. The van der Waals surface area contributed by atoms with Crippen LogP contribution in [0, 0.1) is 6.92 Å². The molecule has 0 spiro atoms. The largest absolute Gasteiger partial charge is 0.464 e. The Balaban J connectivity index is 1.59. The van der Waals surface area contributed by atoms with Crippen molar-refractivity contribution in [1.29, 1.82) is 0 Å². The standard InChI is InChI=1S/C22H24N2O2/c1-17-12-13-20(26-17)16-24(2)22(25)15-23-21-11-7-6-10-19(21)14-18-8-4-3-5-9-18/h3-13,23H,14-16H2,1-2H3. The number of rotatable bonds is 7. The summed E-state index contributed by atoms with van der Waals surface area (Å²) < 4.78 is 5.54. The third-order valence-corrected chi connectivity index (χ3v) is 4.30. The van der Waals surface area contributed by atoms with Crippen LogP contribution in [0.3, 0.4) is 0 Å². The highest BCUT2D eigenvalue weighted by Gasteiger charge is 2.12. The van der Waals surface area contributed by atoms with Gasteiger partial charge in [-0.25, -0.2) is 0 Å². The van der Waals surface area contributed by atoms with Crippen LogP contribution in [0.5, 0.6) is 0 Å². The van der Waals surface area contributed by atoms with E-state index in [-0.39, 0.29) is 12.5 Å². The maximum atomic E-state index is 12.4. The average Bonchev–Trinajstić information content (AvgIpc) is 3.06. The number of carbonyl (C=O) groups is 1. The molecule has 0 aliphatic heterocycles. The molecule has 0 unspecified atom stereocenters. The monoisotopic (exact) mass is 348 g/mol. The van der Waals surface area contributed by atoms with Crippen LogP contribution < -0.4 is 5.32 Å². The maximum Gasteiger partial charge on any atom is 0.242 e. The van der Waals surface area contributed by atoms with Gasteiger partial charge in [0.1, 0.15) is 11.5 Å². The predicted octanol–water partition coefficient (Wildman–Crippen LogP) is 4.25. The van der Waals surface area contributed by atoms with Gasteiger partial charge in [0.2, 0.25) is 5.91 Å². The second kappa shape index (κ2) is 8.39. The Hall–Kier alpha value is -3.01. The molecular formula is C22H24N2O2. The van der Waals surface area contributed by atoms with Gasteiger partial charge in [0.05, 0.1) is 13.1 Å². The van der Waals surface area contributed by atoms with E-state index in [9.17, 15) is 4.79 Å². The van der Waals surface area contributed by atoms with E-state index < -0.39 is 0 Å². The van der Waals surface area contributed by atoms with E-state index in [1.54, 1.807) is 11.9 Å². The summed E-state index contributed by atoms with van der Waals surface area (Å²) in [6.45, 7) is 2.62. The van der Waals surface area contributed by atoms with Gasteiger partial charge in [-0.2, -0.15) is 0 Å². The lowest BCUT2D eigenvalue weighted by Gasteiger charge is -2.18. The van der Waals surface area contributed by atoms with Crippen LogP contribution in [-0.4, -0.2) is 24.4 Å². The van der Waals surface area contributed by atoms with Crippen molar-refractivity contribution in [3.63, 3.8) is 0 Å². The first-order valence-electron chi connectivity index (χ1n) is 8.77. The van der Waals surface area contributed by atoms with Gasteiger partial charge in [-0.05, 0) is 42.7 Å². The Morgan fingerprint density at radius 3 is 2.46 bits per heavy atom. The molecule has 1 aromatic heterocycles. The Labute approximate surface area is 154 Å². The highest BCUT2D eigenvalue weighted by molar-refractivity contribution is 5.80. The number of amides is 1. The van der Waals surface area contributed by atoms with Crippen LogP contribution in [0.1, 0.15) is 22.6 Å². The summed E-state index contributed by atoms with van der Waals surface area (Å²) in [4.78, 5) is 14.1. The number of anilines is 1. The van der Waals surface area contributed by atoms with E-state index in [0.717, 1.165) is 23.6 Å². The van der Waals surface area contributed by atoms with Crippen molar-refractivity contribution in [3.05, 3.63) is 89.4 Å². The molecule has 0 atom stereocenters. The van der Waals surface area contributed by atoms with Gasteiger partial charge in [0, 0.05) is 12.7 Å². The average molecular weight is 348 g/mol. The van der Waals surface area contributed by atoms with Crippen molar-refractivity contribution in [2.75, 3.05) is 18.9 Å². The van der Waals surface area contributed by atoms with Gasteiger partial charge in [-0.3, -0.25) is 4.79 Å². The third kappa shape index (κ3) is 4.76. The summed E-state index contributed by atoms with van der Waals surface area (Å²) >= 11 is 0. The Morgan fingerprint density at radius 2 is 1.73 bits per heavy atom. The molecule has 0 saturated heterocycles. The second-order valence-electron chi connectivity index (χ2n) is 6.44. The molecule has 0 bridgehead atoms. The predicted molar refractivity (Wildman–Crippen MR) is 104 cm³/mol. The summed E-state index contributed by atoms with van der Waals surface area (Å²) in [6.07, 6.45) is 0.833. The smallest absolute Gasteiger partial charge is 0.242 e. The first-order chi connectivity index (χ1) is 12.6.